The van der Waals surface area contributed by atoms with Gasteiger partial charge in [-0.1, -0.05) is 12.2 Å². The van der Waals surface area contributed by atoms with Crippen LogP contribution in [-0.4, -0.2) is 24.5 Å². The van der Waals surface area contributed by atoms with Crippen LogP contribution in [0.25, 0.3) is 0 Å². The van der Waals surface area contributed by atoms with Crippen molar-refractivity contribution < 1.29 is 14.3 Å². The second-order valence-corrected chi connectivity index (χ2v) is 4.05. The normalized spacial score (nSPS) is 29.2. The molecule has 1 saturated heterocycles. The van der Waals surface area contributed by atoms with Crippen LogP contribution in [0.4, 0.5) is 0 Å². The van der Waals surface area contributed by atoms with Gasteiger partial charge < -0.3 is 10.1 Å². The van der Waals surface area contributed by atoms with Gasteiger partial charge in [0.25, 0.3) is 0 Å². The van der Waals surface area contributed by atoms with Gasteiger partial charge in [-0.3, -0.25) is 4.79 Å². The molecule has 0 radical (unpaired) electrons. The molecule has 15 heavy (non-hydrogen) atoms. The highest BCUT2D eigenvalue weighted by molar-refractivity contribution is 5.85. The van der Waals surface area contributed by atoms with E-state index in [0.29, 0.717) is 25.4 Å². The molecule has 1 fully saturated rings. The highest BCUT2D eigenvalue weighted by atomic mass is 16.5. The fourth-order valence-electron chi connectivity index (χ4n) is 1.98. The molecule has 4 heteroatoms. The summed E-state index contributed by atoms with van der Waals surface area (Å²) in [4.78, 5) is 22.6. The van der Waals surface area contributed by atoms with Gasteiger partial charge in [0.15, 0.2) is 0 Å². The Morgan fingerprint density at radius 2 is 2.40 bits per heavy atom. The molecule has 0 aromatic carbocycles. The number of carbonyl (C=O) groups is 2. The van der Waals surface area contributed by atoms with Gasteiger partial charge in [0.05, 0.1) is 6.61 Å². The molecule has 0 saturated carbocycles. The summed E-state index contributed by atoms with van der Waals surface area (Å²) in [5, 5.41) is 2.71. The number of allylic oxidation sites excluding steroid dienone is 2. The number of nitrogens with one attached hydrogen (secondary N) is 1. The maximum absolute atomic E-state index is 11.5. The third-order valence-electron chi connectivity index (χ3n) is 2.83. The minimum absolute atomic E-state index is 0.0459. The molecule has 2 rings (SSSR count). The second-order valence-electron chi connectivity index (χ2n) is 4.05. The lowest BCUT2D eigenvalue weighted by molar-refractivity contribution is -0.141. The van der Waals surface area contributed by atoms with Gasteiger partial charge >= 0.3 is 5.97 Å². The smallest absolute Gasteiger partial charge is 0.328 e. The summed E-state index contributed by atoms with van der Waals surface area (Å²) >= 11 is 0. The lowest BCUT2D eigenvalue weighted by atomic mass is 10.0. The van der Waals surface area contributed by atoms with Gasteiger partial charge in [0.1, 0.15) is 6.04 Å². The SMILES string of the molecule is O=C(CC1C=CCC1)NC1CCOC1=O. The van der Waals surface area contributed by atoms with Crippen molar-refractivity contribution in [1.29, 1.82) is 0 Å². The summed E-state index contributed by atoms with van der Waals surface area (Å²) in [6.45, 7) is 0.424. The van der Waals surface area contributed by atoms with E-state index in [1.165, 1.54) is 0 Å². The summed E-state index contributed by atoms with van der Waals surface area (Å²) < 4.78 is 4.77. The van der Waals surface area contributed by atoms with Crippen LogP contribution in [0, 0.1) is 5.92 Å². The zero-order valence-corrected chi connectivity index (χ0v) is 8.57. The first-order chi connectivity index (χ1) is 7.25. The van der Waals surface area contributed by atoms with Gasteiger partial charge in [-0.05, 0) is 18.8 Å². The van der Waals surface area contributed by atoms with Crippen molar-refractivity contribution in [2.24, 2.45) is 5.92 Å². The van der Waals surface area contributed by atoms with Gasteiger partial charge in [-0.25, -0.2) is 4.79 Å². The first kappa shape index (κ1) is 10.2. The Labute approximate surface area is 88.7 Å². The van der Waals surface area contributed by atoms with Crippen LogP contribution >= 0.6 is 0 Å². The Hall–Kier alpha value is -1.32. The molecule has 1 amide bonds. The standard InChI is InChI=1S/C11H15NO3/c13-10(7-8-3-1-2-4-8)12-9-5-6-15-11(9)14/h1,3,8-9H,2,4-7H2,(H,12,13). The Bertz CT molecular complexity index is 298. The largest absolute Gasteiger partial charge is 0.464 e. The van der Waals surface area contributed by atoms with Crippen molar-refractivity contribution in [2.75, 3.05) is 6.61 Å². The molecule has 0 aromatic heterocycles. The van der Waals surface area contributed by atoms with E-state index >= 15 is 0 Å². The number of ether oxygens (including phenoxy) is 1. The summed E-state index contributed by atoms with van der Waals surface area (Å²) in [5.41, 5.74) is 0. The minimum Gasteiger partial charge on any atom is -0.464 e. The fourth-order valence-corrected chi connectivity index (χ4v) is 1.98. The maximum Gasteiger partial charge on any atom is 0.328 e. The molecule has 1 aliphatic heterocycles. The average Bonchev–Trinajstić information content (AvgIpc) is 2.79. The predicted octanol–water partition coefficient (Wildman–Crippen LogP) is 0.774. The molecule has 2 aliphatic rings. The number of carbonyl (C=O) groups excluding carboxylic acids is 2. The van der Waals surface area contributed by atoms with Crippen LogP contribution in [0.5, 0.6) is 0 Å². The quantitative estimate of drug-likeness (QED) is 0.552. The van der Waals surface area contributed by atoms with E-state index in [-0.39, 0.29) is 11.9 Å². The maximum atomic E-state index is 11.5. The first-order valence-corrected chi connectivity index (χ1v) is 5.38. The third kappa shape index (κ3) is 2.58. The average molecular weight is 209 g/mol. The van der Waals surface area contributed by atoms with Crippen molar-refractivity contribution in [3.8, 4) is 0 Å². The molecule has 1 aliphatic carbocycles. The Balaban J connectivity index is 1.76. The Morgan fingerprint density at radius 3 is 3.00 bits per heavy atom. The highest BCUT2D eigenvalue weighted by Crippen LogP contribution is 2.20. The van der Waals surface area contributed by atoms with E-state index in [1.54, 1.807) is 0 Å². The topological polar surface area (TPSA) is 55.4 Å². The van der Waals surface area contributed by atoms with Crippen LogP contribution in [0.3, 0.4) is 0 Å². The van der Waals surface area contributed by atoms with E-state index in [9.17, 15) is 9.59 Å². The predicted molar refractivity (Wildman–Crippen MR) is 54.0 cm³/mol. The molecule has 82 valence electrons. The summed E-state index contributed by atoms with van der Waals surface area (Å²) in [6.07, 6.45) is 7.37. The number of cyclic esters (lactones) is 1. The van der Waals surface area contributed by atoms with Crippen LogP contribution < -0.4 is 5.32 Å². The van der Waals surface area contributed by atoms with Gasteiger partial charge in [0.2, 0.25) is 5.91 Å². The zero-order valence-electron chi connectivity index (χ0n) is 8.57. The molecule has 1 N–H and O–H groups in total. The number of esters is 1. The van der Waals surface area contributed by atoms with Crippen LogP contribution in [-0.2, 0) is 14.3 Å². The Morgan fingerprint density at radius 1 is 1.53 bits per heavy atom. The highest BCUT2D eigenvalue weighted by Gasteiger charge is 2.28. The van der Waals surface area contributed by atoms with E-state index in [4.69, 9.17) is 4.74 Å². The van der Waals surface area contributed by atoms with Gasteiger partial charge in [-0.15, -0.1) is 0 Å². The molecule has 0 aromatic rings. The van der Waals surface area contributed by atoms with E-state index in [1.807, 2.05) is 0 Å². The molecule has 2 unspecified atom stereocenters. The first-order valence-electron chi connectivity index (χ1n) is 5.38. The van der Waals surface area contributed by atoms with Crippen LogP contribution in [0.15, 0.2) is 12.2 Å². The van der Waals surface area contributed by atoms with Gasteiger partial charge in [-0.2, -0.15) is 0 Å². The van der Waals surface area contributed by atoms with E-state index in [2.05, 4.69) is 17.5 Å². The minimum atomic E-state index is -0.414. The molecular formula is C11H15NO3. The summed E-state index contributed by atoms with van der Waals surface area (Å²) in [6, 6.07) is -0.414. The molecule has 0 bridgehead atoms. The number of rotatable bonds is 3. The Kier molecular flexibility index (Phi) is 3.04. The molecule has 1 heterocycles. The fraction of sp³-hybridized carbons (Fsp3) is 0.636. The summed E-state index contributed by atoms with van der Waals surface area (Å²) in [7, 11) is 0. The van der Waals surface area contributed by atoms with Crippen LogP contribution in [0.2, 0.25) is 0 Å². The lowest BCUT2D eigenvalue weighted by Crippen LogP contribution is -2.38. The van der Waals surface area contributed by atoms with Crippen molar-refractivity contribution in [3.05, 3.63) is 12.2 Å². The number of amides is 1. The van der Waals surface area contributed by atoms with Crippen molar-refractivity contribution >= 4 is 11.9 Å². The monoisotopic (exact) mass is 209 g/mol. The molecule has 2 atom stereocenters. The lowest BCUT2D eigenvalue weighted by Gasteiger charge is -2.11. The van der Waals surface area contributed by atoms with E-state index < -0.39 is 6.04 Å². The number of hydrogen-bond donors (Lipinski definition) is 1. The van der Waals surface area contributed by atoms with Crippen molar-refractivity contribution in [3.63, 3.8) is 0 Å². The van der Waals surface area contributed by atoms with Crippen LogP contribution in [0.1, 0.15) is 25.7 Å². The number of hydrogen-bond acceptors (Lipinski definition) is 3. The molecule has 4 nitrogen and oxygen atoms in total. The zero-order chi connectivity index (χ0) is 10.7. The van der Waals surface area contributed by atoms with E-state index in [0.717, 1.165) is 12.8 Å². The molecule has 0 spiro atoms. The second kappa shape index (κ2) is 4.47. The third-order valence-corrected chi connectivity index (χ3v) is 2.83. The summed E-state index contributed by atoms with van der Waals surface area (Å²) in [5.74, 6) is 0.00291. The van der Waals surface area contributed by atoms with Crippen molar-refractivity contribution in [2.45, 2.75) is 31.7 Å². The molecular weight excluding hydrogens is 194 g/mol. The van der Waals surface area contributed by atoms with Gasteiger partial charge in [0, 0.05) is 12.8 Å². The van der Waals surface area contributed by atoms with Crippen molar-refractivity contribution in [1.82, 2.24) is 5.32 Å².